The number of carbonyl (C=O) groups is 2. The molecule has 0 radical (unpaired) electrons. The summed E-state index contributed by atoms with van der Waals surface area (Å²) in [6.45, 7) is 1.64. The van der Waals surface area contributed by atoms with E-state index in [0.29, 0.717) is 11.3 Å². The van der Waals surface area contributed by atoms with Gasteiger partial charge in [-0.3, -0.25) is 9.59 Å². The second kappa shape index (κ2) is 10.5. The summed E-state index contributed by atoms with van der Waals surface area (Å²) in [5, 5.41) is 5.34. The van der Waals surface area contributed by atoms with E-state index in [0.717, 1.165) is 0 Å². The Morgan fingerprint density at radius 1 is 1.09 bits per heavy atom. The van der Waals surface area contributed by atoms with Gasteiger partial charge in [0.05, 0.1) is 18.3 Å². The number of ether oxygens (including phenoxy) is 2. The lowest BCUT2D eigenvalue weighted by Crippen LogP contribution is -2.18. The first-order chi connectivity index (χ1) is 15.7. The maximum Gasteiger partial charge on any atom is 0.261 e. The number of benzene rings is 2. The molecule has 10 heteroatoms. The molecule has 7 nitrogen and oxygen atoms in total. The van der Waals surface area contributed by atoms with E-state index < -0.39 is 17.8 Å². The van der Waals surface area contributed by atoms with Gasteiger partial charge in [0.25, 0.3) is 11.8 Å². The highest BCUT2D eigenvalue weighted by atomic mass is 35.5. The van der Waals surface area contributed by atoms with Gasteiger partial charge in [0.2, 0.25) is 5.88 Å². The third-order valence-corrected chi connectivity index (χ3v) is 5.41. The number of rotatable bonds is 7. The molecule has 1 atom stereocenters. The molecule has 0 aliphatic heterocycles. The molecule has 0 fully saturated rings. The molecular weight excluding hydrogens is 472 g/mol. The van der Waals surface area contributed by atoms with E-state index in [-0.39, 0.29) is 38.7 Å². The van der Waals surface area contributed by atoms with Crippen molar-refractivity contribution in [3.63, 3.8) is 0 Å². The maximum absolute atomic E-state index is 13.9. The average molecular weight is 492 g/mol. The van der Waals surface area contributed by atoms with Crippen molar-refractivity contribution in [2.45, 2.75) is 13.0 Å². The number of carbonyl (C=O) groups excluding carboxylic acids is 2. The van der Waals surface area contributed by atoms with E-state index in [1.165, 1.54) is 38.6 Å². The van der Waals surface area contributed by atoms with Crippen molar-refractivity contribution in [2.24, 2.45) is 0 Å². The molecule has 0 aliphatic rings. The first kappa shape index (κ1) is 24.3. The van der Waals surface area contributed by atoms with Crippen LogP contribution in [0.25, 0.3) is 0 Å². The summed E-state index contributed by atoms with van der Waals surface area (Å²) >= 11 is 12.2. The number of anilines is 1. The lowest BCUT2D eigenvalue weighted by molar-refractivity contribution is 0.0962. The van der Waals surface area contributed by atoms with Crippen LogP contribution in [0.5, 0.6) is 11.6 Å². The second-order valence-corrected chi connectivity index (χ2v) is 7.64. The second-order valence-electron chi connectivity index (χ2n) is 6.86. The first-order valence-corrected chi connectivity index (χ1v) is 10.5. The summed E-state index contributed by atoms with van der Waals surface area (Å²) in [5.41, 5.74) is 1.30. The molecule has 3 rings (SSSR count). The van der Waals surface area contributed by atoms with Gasteiger partial charge in [-0.2, -0.15) is 0 Å². The lowest BCUT2D eigenvalue weighted by atomic mass is 10.1. The van der Waals surface area contributed by atoms with Crippen LogP contribution in [0.2, 0.25) is 10.0 Å². The Morgan fingerprint density at radius 3 is 2.42 bits per heavy atom. The highest BCUT2D eigenvalue weighted by Gasteiger charge is 2.21. The Morgan fingerprint density at radius 2 is 1.79 bits per heavy atom. The zero-order valence-electron chi connectivity index (χ0n) is 17.9. The summed E-state index contributed by atoms with van der Waals surface area (Å²) in [6, 6.07) is 10.3. The smallest absolute Gasteiger partial charge is 0.261 e. The average Bonchev–Trinajstić information content (AvgIpc) is 2.81. The van der Waals surface area contributed by atoms with Gasteiger partial charge in [-0.05, 0) is 49.4 Å². The Balaban J connectivity index is 1.83. The molecule has 172 valence electrons. The minimum absolute atomic E-state index is 0.0799. The van der Waals surface area contributed by atoms with Crippen molar-refractivity contribution in [3.05, 3.63) is 81.2 Å². The van der Waals surface area contributed by atoms with Crippen LogP contribution in [0.4, 0.5) is 10.1 Å². The number of aromatic nitrogens is 1. The minimum atomic E-state index is -0.732. The molecule has 0 unspecified atom stereocenters. The van der Waals surface area contributed by atoms with E-state index >= 15 is 0 Å². The molecule has 0 saturated heterocycles. The molecule has 3 aromatic rings. The summed E-state index contributed by atoms with van der Waals surface area (Å²) in [4.78, 5) is 28.7. The molecule has 0 saturated carbocycles. The molecule has 33 heavy (non-hydrogen) atoms. The predicted molar refractivity (Wildman–Crippen MR) is 124 cm³/mol. The highest BCUT2D eigenvalue weighted by molar-refractivity contribution is 6.36. The van der Waals surface area contributed by atoms with Crippen molar-refractivity contribution in [1.82, 2.24) is 10.3 Å². The van der Waals surface area contributed by atoms with Crippen LogP contribution in [-0.2, 0) is 0 Å². The monoisotopic (exact) mass is 491 g/mol. The zero-order chi connectivity index (χ0) is 24.1. The molecule has 0 aliphatic carbocycles. The van der Waals surface area contributed by atoms with Crippen LogP contribution in [-0.4, -0.2) is 31.0 Å². The number of pyridine rings is 1. The van der Waals surface area contributed by atoms with Crippen LogP contribution in [0.15, 0.2) is 48.7 Å². The number of nitrogens with one attached hydrogen (secondary N) is 2. The predicted octanol–water partition coefficient (Wildman–Crippen LogP) is 5.29. The molecule has 2 amide bonds. The van der Waals surface area contributed by atoms with Gasteiger partial charge in [0, 0.05) is 28.9 Å². The van der Waals surface area contributed by atoms with Crippen LogP contribution >= 0.6 is 23.2 Å². The Labute approximate surface area is 199 Å². The summed E-state index contributed by atoms with van der Waals surface area (Å²) in [5.74, 6) is -1.07. The fourth-order valence-electron chi connectivity index (χ4n) is 3.05. The number of amides is 2. The Bertz CT molecular complexity index is 1190. The van der Waals surface area contributed by atoms with Gasteiger partial charge >= 0.3 is 0 Å². The SMILES string of the molecule is CNC(=O)c1ccc(NC(=O)c2cc(O[C@H](C)c3c(Cl)ccc(F)c3Cl)cnc2OC)cc1. The first-order valence-electron chi connectivity index (χ1n) is 9.72. The fourth-order valence-corrected chi connectivity index (χ4v) is 3.73. The van der Waals surface area contributed by atoms with Gasteiger partial charge in [-0.1, -0.05) is 23.2 Å². The third-order valence-electron chi connectivity index (χ3n) is 4.69. The van der Waals surface area contributed by atoms with Crippen LogP contribution in [0, 0.1) is 5.82 Å². The van der Waals surface area contributed by atoms with Gasteiger partial charge in [0.15, 0.2) is 0 Å². The summed E-state index contributed by atoms with van der Waals surface area (Å²) in [6.07, 6.45) is 0.634. The fraction of sp³-hybridized carbons (Fsp3) is 0.174. The van der Waals surface area contributed by atoms with E-state index in [2.05, 4.69) is 15.6 Å². The van der Waals surface area contributed by atoms with Crippen molar-refractivity contribution >= 4 is 40.7 Å². The maximum atomic E-state index is 13.9. The van der Waals surface area contributed by atoms with Crippen LogP contribution < -0.4 is 20.1 Å². The topological polar surface area (TPSA) is 89.6 Å². The number of hydrogen-bond acceptors (Lipinski definition) is 5. The van der Waals surface area contributed by atoms with E-state index in [4.69, 9.17) is 32.7 Å². The summed E-state index contributed by atoms with van der Waals surface area (Å²) in [7, 11) is 2.91. The van der Waals surface area contributed by atoms with E-state index in [9.17, 15) is 14.0 Å². The van der Waals surface area contributed by atoms with Crippen molar-refractivity contribution in [1.29, 1.82) is 0 Å². The number of halogens is 3. The molecule has 2 aromatic carbocycles. The Hall–Kier alpha value is -3.36. The standard InChI is InChI=1S/C23H20Cl2FN3O4/c1-12(19-17(24)8-9-18(26)20(19)25)33-15-10-16(23(32-3)28-11-15)22(31)29-14-6-4-13(5-7-14)21(30)27-2/h4-12H,1-3H3,(H,27,30)(H,29,31)/t12-/m1/s1. The van der Waals surface area contributed by atoms with Gasteiger partial charge < -0.3 is 20.1 Å². The van der Waals surface area contributed by atoms with Gasteiger partial charge in [-0.15, -0.1) is 0 Å². The van der Waals surface area contributed by atoms with Gasteiger partial charge in [-0.25, -0.2) is 9.37 Å². The number of nitrogens with zero attached hydrogens (tertiary/aromatic N) is 1. The largest absolute Gasteiger partial charge is 0.484 e. The summed E-state index contributed by atoms with van der Waals surface area (Å²) < 4.78 is 24.9. The van der Waals surface area contributed by atoms with E-state index in [1.54, 1.807) is 31.2 Å². The molecule has 0 bridgehead atoms. The lowest BCUT2D eigenvalue weighted by Gasteiger charge is -2.18. The molecule has 2 N–H and O–H groups in total. The molecule has 0 spiro atoms. The van der Waals surface area contributed by atoms with E-state index in [1.807, 2.05) is 0 Å². The Kier molecular flexibility index (Phi) is 7.73. The highest BCUT2D eigenvalue weighted by Crippen LogP contribution is 2.35. The number of methoxy groups -OCH3 is 1. The van der Waals surface area contributed by atoms with Crippen LogP contribution in [0.3, 0.4) is 0 Å². The van der Waals surface area contributed by atoms with Gasteiger partial charge in [0.1, 0.15) is 23.2 Å². The number of hydrogen-bond donors (Lipinski definition) is 2. The normalized spacial score (nSPS) is 11.5. The van der Waals surface area contributed by atoms with Crippen molar-refractivity contribution in [2.75, 3.05) is 19.5 Å². The van der Waals surface area contributed by atoms with Crippen molar-refractivity contribution in [3.8, 4) is 11.6 Å². The quantitative estimate of drug-likeness (QED) is 0.438. The van der Waals surface area contributed by atoms with Crippen molar-refractivity contribution < 1.29 is 23.5 Å². The molecule has 1 heterocycles. The minimum Gasteiger partial charge on any atom is -0.484 e. The molecule has 1 aromatic heterocycles. The molecular formula is C23H20Cl2FN3O4. The third kappa shape index (κ3) is 5.53. The van der Waals surface area contributed by atoms with Crippen LogP contribution in [0.1, 0.15) is 39.3 Å². The zero-order valence-corrected chi connectivity index (χ0v) is 19.4.